The van der Waals surface area contributed by atoms with E-state index < -0.39 is 15.9 Å². The lowest BCUT2D eigenvalue weighted by Gasteiger charge is -2.19. The van der Waals surface area contributed by atoms with Crippen LogP contribution in [0.3, 0.4) is 0 Å². The number of hydrogen-bond acceptors (Lipinski definition) is 5. The van der Waals surface area contributed by atoms with Crippen molar-refractivity contribution in [3.63, 3.8) is 0 Å². The van der Waals surface area contributed by atoms with Crippen LogP contribution in [0.4, 0.5) is 11.4 Å². The largest absolute Gasteiger partial charge is 0.486 e. The Morgan fingerprint density at radius 1 is 1.04 bits per heavy atom. The Bertz CT molecular complexity index is 930. The Kier molecular flexibility index (Phi) is 4.73. The molecule has 0 spiro atoms. The maximum absolute atomic E-state index is 12.4. The first-order chi connectivity index (χ1) is 11.8. The molecule has 0 saturated carbocycles. The Morgan fingerprint density at radius 3 is 2.40 bits per heavy atom. The Labute approximate surface area is 149 Å². The van der Waals surface area contributed by atoms with Crippen LogP contribution in [0.25, 0.3) is 0 Å². The van der Waals surface area contributed by atoms with Crippen LogP contribution >= 0.6 is 11.6 Å². The lowest BCUT2D eigenvalue weighted by atomic mass is 10.2. The fourth-order valence-electron chi connectivity index (χ4n) is 2.30. The van der Waals surface area contributed by atoms with E-state index in [0.717, 1.165) is 6.26 Å². The van der Waals surface area contributed by atoms with E-state index >= 15 is 0 Å². The van der Waals surface area contributed by atoms with Gasteiger partial charge in [0.1, 0.15) is 13.2 Å². The summed E-state index contributed by atoms with van der Waals surface area (Å²) in [5.41, 5.74) is 1.03. The van der Waals surface area contributed by atoms with Gasteiger partial charge in [0.15, 0.2) is 11.5 Å². The molecule has 0 unspecified atom stereocenters. The molecule has 2 aromatic carbocycles. The molecular weight excluding hydrogens is 368 g/mol. The highest BCUT2D eigenvalue weighted by Gasteiger charge is 2.15. The number of halogens is 1. The van der Waals surface area contributed by atoms with Gasteiger partial charge in [0.05, 0.1) is 16.8 Å². The van der Waals surface area contributed by atoms with E-state index in [2.05, 4.69) is 10.0 Å². The summed E-state index contributed by atoms with van der Waals surface area (Å²) in [5, 5.41) is 2.85. The van der Waals surface area contributed by atoms with Crippen LogP contribution < -0.4 is 19.5 Å². The van der Waals surface area contributed by atoms with Crippen molar-refractivity contribution >= 4 is 38.9 Å². The van der Waals surface area contributed by atoms with Gasteiger partial charge >= 0.3 is 0 Å². The van der Waals surface area contributed by atoms with Gasteiger partial charge in [-0.3, -0.25) is 9.52 Å². The van der Waals surface area contributed by atoms with E-state index in [9.17, 15) is 13.2 Å². The van der Waals surface area contributed by atoms with Crippen LogP contribution in [0.15, 0.2) is 36.4 Å². The second-order valence-corrected chi connectivity index (χ2v) is 7.54. The average molecular weight is 383 g/mol. The van der Waals surface area contributed by atoms with E-state index in [4.69, 9.17) is 21.1 Å². The van der Waals surface area contributed by atoms with Crippen molar-refractivity contribution in [2.75, 3.05) is 29.5 Å². The number of anilines is 2. The molecule has 0 bridgehead atoms. The number of carbonyl (C=O) groups excluding carboxylic acids is 1. The molecule has 0 aliphatic carbocycles. The third-order valence-corrected chi connectivity index (χ3v) is 4.24. The summed E-state index contributed by atoms with van der Waals surface area (Å²) in [6.45, 7) is 0.938. The van der Waals surface area contributed by atoms with E-state index in [1.165, 1.54) is 18.2 Å². The molecule has 1 aliphatic rings. The summed E-state index contributed by atoms with van der Waals surface area (Å²) in [5.74, 6) is 0.758. The maximum atomic E-state index is 12.4. The molecule has 0 radical (unpaired) electrons. The second kappa shape index (κ2) is 6.81. The smallest absolute Gasteiger partial charge is 0.257 e. The van der Waals surface area contributed by atoms with Crippen molar-refractivity contribution in [1.29, 1.82) is 0 Å². The van der Waals surface area contributed by atoms with Crippen molar-refractivity contribution in [3.05, 3.63) is 47.0 Å². The maximum Gasteiger partial charge on any atom is 0.257 e. The van der Waals surface area contributed by atoms with Gasteiger partial charge in [-0.25, -0.2) is 8.42 Å². The van der Waals surface area contributed by atoms with Crippen LogP contribution in [0, 0.1) is 0 Å². The van der Waals surface area contributed by atoms with Crippen molar-refractivity contribution in [2.24, 2.45) is 0 Å². The molecule has 0 saturated heterocycles. The van der Waals surface area contributed by atoms with Crippen molar-refractivity contribution in [1.82, 2.24) is 0 Å². The number of nitrogens with one attached hydrogen (secondary N) is 2. The zero-order chi connectivity index (χ0) is 18.0. The van der Waals surface area contributed by atoms with Crippen molar-refractivity contribution < 1.29 is 22.7 Å². The van der Waals surface area contributed by atoms with E-state index in [0.29, 0.717) is 30.4 Å². The van der Waals surface area contributed by atoms with Crippen molar-refractivity contribution in [3.8, 4) is 11.5 Å². The van der Waals surface area contributed by atoms with E-state index in [-0.39, 0.29) is 16.3 Å². The number of hydrogen-bond donors (Lipinski definition) is 2. The number of sulfonamides is 1. The van der Waals surface area contributed by atoms with Gasteiger partial charge in [-0.2, -0.15) is 0 Å². The van der Waals surface area contributed by atoms with Gasteiger partial charge in [0.2, 0.25) is 10.0 Å². The highest BCUT2D eigenvalue weighted by molar-refractivity contribution is 7.92. The molecule has 0 fully saturated rings. The number of ether oxygens (including phenoxy) is 2. The molecular formula is C16H15ClN2O5S. The first kappa shape index (κ1) is 17.4. The lowest BCUT2D eigenvalue weighted by Crippen LogP contribution is -2.16. The van der Waals surface area contributed by atoms with Crippen LogP contribution in [-0.4, -0.2) is 33.8 Å². The molecule has 0 atom stereocenters. The molecule has 3 rings (SSSR count). The molecule has 1 amide bonds. The molecule has 132 valence electrons. The summed E-state index contributed by atoms with van der Waals surface area (Å²) in [6.07, 6.45) is 1.03. The monoisotopic (exact) mass is 382 g/mol. The predicted molar refractivity (Wildman–Crippen MR) is 95.3 cm³/mol. The molecule has 0 aromatic heterocycles. The Balaban J connectivity index is 1.77. The first-order valence-electron chi connectivity index (χ1n) is 7.30. The number of carbonyl (C=O) groups is 1. The minimum absolute atomic E-state index is 0.128. The minimum Gasteiger partial charge on any atom is -0.486 e. The number of benzene rings is 2. The van der Waals surface area contributed by atoms with Gasteiger partial charge in [-0.05, 0) is 30.3 Å². The zero-order valence-corrected chi connectivity index (χ0v) is 14.8. The summed E-state index contributed by atoms with van der Waals surface area (Å²) in [4.78, 5) is 12.4. The molecule has 25 heavy (non-hydrogen) atoms. The van der Waals surface area contributed by atoms with Gasteiger partial charge < -0.3 is 14.8 Å². The van der Waals surface area contributed by atoms with Gasteiger partial charge in [-0.15, -0.1) is 0 Å². The number of fused-ring (bicyclic) bond motifs is 1. The SMILES string of the molecule is CS(=O)(=O)Nc1ccc(C(=O)Nc2ccc3c(c2)OCCO3)c(Cl)c1. The fourth-order valence-corrected chi connectivity index (χ4v) is 3.12. The van der Waals surface area contributed by atoms with E-state index in [1.54, 1.807) is 18.2 Å². The lowest BCUT2D eigenvalue weighted by molar-refractivity contribution is 0.102. The Morgan fingerprint density at radius 2 is 1.72 bits per heavy atom. The zero-order valence-electron chi connectivity index (χ0n) is 13.2. The molecule has 7 nitrogen and oxygen atoms in total. The third-order valence-electron chi connectivity index (χ3n) is 3.32. The first-order valence-corrected chi connectivity index (χ1v) is 9.57. The van der Waals surface area contributed by atoms with Crippen LogP contribution in [-0.2, 0) is 10.0 Å². The highest BCUT2D eigenvalue weighted by Crippen LogP contribution is 2.33. The van der Waals surface area contributed by atoms with Crippen molar-refractivity contribution in [2.45, 2.75) is 0 Å². The fraction of sp³-hybridized carbons (Fsp3) is 0.188. The van der Waals surface area contributed by atoms with Crippen LogP contribution in [0.2, 0.25) is 5.02 Å². The average Bonchev–Trinajstić information content (AvgIpc) is 2.53. The molecule has 1 heterocycles. The number of amides is 1. The van der Waals surface area contributed by atoms with E-state index in [1.807, 2.05) is 0 Å². The van der Waals surface area contributed by atoms with Crippen LogP contribution in [0.1, 0.15) is 10.4 Å². The molecule has 1 aliphatic heterocycles. The summed E-state index contributed by atoms with van der Waals surface area (Å²) < 4.78 is 35.7. The minimum atomic E-state index is -3.42. The summed E-state index contributed by atoms with van der Waals surface area (Å²) in [6, 6.07) is 9.36. The van der Waals surface area contributed by atoms with Gasteiger partial charge in [-0.1, -0.05) is 11.6 Å². The quantitative estimate of drug-likeness (QED) is 0.848. The molecule has 2 N–H and O–H groups in total. The predicted octanol–water partition coefficient (Wildman–Crippen LogP) is 2.74. The molecule has 2 aromatic rings. The topological polar surface area (TPSA) is 93.7 Å². The standard InChI is InChI=1S/C16H15ClN2O5S/c1-25(21,22)19-11-2-4-12(13(17)8-11)16(20)18-10-3-5-14-15(9-10)24-7-6-23-14/h2-5,8-9,19H,6-7H2,1H3,(H,18,20). The Hall–Kier alpha value is -2.45. The normalized spacial score (nSPS) is 13.2. The summed E-state index contributed by atoms with van der Waals surface area (Å²) in [7, 11) is -3.42. The summed E-state index contributed by atoms with van der Waals surface area (Å²) >= 11 is 6.09. The van der Waals surface area contributed by atoms with Crippen LogP contribution in [0.5, 0.6) is 11.5 Å². The molecule has 9 heteroatoms. The number of rotatable bonds is 4. The van der Waals surface area contributed by atoms with Gasteiger partial charge in [0, 0.05) is 17.4 Å². The van der Waals surface area contributed by atoms with Gasteiger partial charge in [0.25, 0.3) is 5.91 Å². The third kappa shape index (κ3) is 4.34. The second-order valence-electron chi connectivity index (χ2n) is 5.38. The highest BCUT2D eigenvalue weighted by atomic mass is 35.5.